The number of benzene rings is 1. The number of aromatic nitrogens is 2. The summed E-state index contributed by atoms with van der Waals surface area (Å²) < 4.78 is 51.2. The van der Waals surface area contributed by atoms with E-state index in [1.54, 1.807) is 12.0 Å². The van der Waals surface area contributed by atoms with Crippen molar-refractivity contribution in [1.82, 2.24) is 15.0 Å². The topological polar surface area (TPSA) is 68.5 Å². The highest BCUT2D eigenvalue weighted by Crippen LogP contribution is 2.38. The third-order valence-electron chi connectivity index (χ3n) is 5.92. The minimum atomic E-state index is -4.55. The standard InChI is InChI=1S/C23H24F3N3O3/c1-14-21-18(23(24,25)26)12-19(27-22(21)32-28-14)16-4-3-11-29(13-16)20(30)10-7-15-5-8-17(31-2)9-6-15/h5-6,8-9,12,16H,3-4,7,10-11,13H2,1-2H3. The molecule has 1 aliphatic heterocycles. The van der Waals surface area contributed by atoms with Gasteiger partial charge in [0.25, 0.3) is 5.71 Å². The maximum Gasteiger partial charge on any atom is 0.417 e. The molecule has 0 saturated carbocycles. The molecule has 1 fully saturated rings. The average molecular weight is 447 g/mol. The Morgan fingerprint density at radius 2 is 2.03 bits per heavy atom. The second kappa shape index (κ2) is 8.80. The quantitative estimate of drug-likeness (QED) is 0.557. The predicted octanol–water partition coefficient (Wildman–Crippen LogP) is 4.90. The molecule has 1 unspecified atom stereocenters. The molecular weight excluding hydrogens is 423 g/mol. The molecule has 0 aliphatic carbocycles. The van der Waals surface area contributed by atoms with Crippen molar-refractivity contribution in [3.8, 4) is 5.75 Å². The lowest BCUT2D eigenvalue weighted by atomic mass is 9.92. The first-order valence-corrected chi connectivity index (χ1v) is 10.5. The summed E-state index contributed by atoms with van der Waals surface area (Å²) in [6.07, 6.45) is -2.26. The number of nitrogens with zero attached hydrogens (tertiary/aromatic N) is 3. The molecule has 0 N–H and O–H groups in total. The van der Waals surface area contributed by atoms with Crippen LogP contribution < -0.4 is 4.74 Å². The molecule has 1 aliphatic rings. The first-order valence-electron chi connectivity index (χ1n) is 10.5. The average Bonchev–Trinajstić information content (AvgIpc) is 3.17. The van der Waals surface area contributed by atoms with Crippen LogP contribution in [0.3, 0.4) is 0 Å². The van der Waals surface area contributed by atoms with Gasteiger partial charge in [0.15, 0.2) is 0 Å². The van der Waals surface area contributed by atoms with Gasteiger partial charge in [-0.3, -0.25) is 4.79 Å². The van der Waals surface area contributed by atoms with Crippen molar-refractivity contribution in [2.75, 3.05) is 20.2 Å². The normalized spacial score (nSPS) is 17.0. The molecule has 0 bridgehead atoms. The number of amides is 1. The summed E-state index contributed by atoms with van der Waals surface area (Å²) >= 11 is 0. The fraction of sp³-hybridized carbons (Fsp3) is 0.435. The van der Waals surface area contributed by atoms with Crippen molar-refractivity contribution in [1.29, 1.82) is 0 Å². The molecule has 3 heterocycles. The van der Waals surface area contributed by atoms with Crippen LogP contribution in [0.2, 0.25) is 0 Å². The SMILES string of the molecule is COc1ccc(CCC(=O)N2CCCC(c3cc(C(F)(F)F)c4c(C)noc4n3)C2)cc1. The largest absolute Gasteiger partial charge is 0.497 e. The number of hydrogen-bond donors (Lipinski definition) is 0. The molecule has 1 aromatic carbocycles. The molecule has 0 spiro atoms. The number of hydrogen-bond acceptors (Lipinski definition) is 5. The minimum Gasteiger partial charge on any atom is -0.497 e. The summed E-state index contributed by atoms with van der Waals surface area (Å²) in [5, 5.41) is 3.55. The Bertz CT molecular complexity index is 1110. The molecule has 0 radical (unpaired) electrons. The lowest BCUT2D eigenvalue weighted by molar-refractivity contribution is -0.136. The van der Waals surface area contributed by atoms with Crippen molar-refractivity contribution in [2.45, 2.75) is 44.7 Å². The molecule has 9 heteroatoms. The zero-order valence-electron chi connectivity index (χ0n) is 17.9. The van der Waals surface area contributed by atoms with E-state index in [0.29, 0.717) is 38.8 Å². The number of halogens is 3. The van der Waals surface area contributed by atoms with Crippen LogP contribution in [-0.2, 0) is 17.4 Å². The summed E-state index contributed by atoms with van der Waals surface area (Å²) in [7, 11) is 1.60. The van der Waals surface area contributed by atoms with Crippen LogP contribution in [0.1, 0.15) is 47.7 Å². The minimum absolute atomic E-state index is 0.0156. The maximum atomic E-state index is 13.7. The van der Waals surface area contributed by atoms with Crippen LogP contribution >= 0.6 is 0 Å². The van der Waals surface area contributed by atoms with E-state index in [4.69, 9.17) is 9.26 Å². The maximum absolute atomic E-state index is 13.7. The number of carbonyl (C=O) groups is 1. The van der Waals surface area contributed by atoms with Crippen LogP contribution in [0.25, 0.3) is 11.1 Å². The van der Waals surface area contributed by atoms with Crippen molar-refractivity contribution >= 4 is 17.0 Å². The molecule has 32 heavy (non-hydrogen) atoms. The number of piperidine rings is 1. The zero-order chi connectivity index (χ0) is 22.9. The summed E-state index contributed by atoms with van der Waals surface area (Å²) in [5.74, 6) is 0.450. The van der Waals surface area contributed by atoms with Crippen LogP contribution in [0.4, 0.5) is 13.2 Å². The molecule has 6 nitrogen and oxygen atoms in total. The number of likely N-dealkylation sites (tertiary alicyclic amines) is 1. The van der Waals surface area contributed by atoms with Gasteiger partial charge in [-0.1, -0.05) is 17.3 Å². The third kappa shape index (κ3) is 4.56. The van der Waals surface area contributed by atoms with Gasteiger partial charge in [-0.25, -0.2) is 4.98 Å². The monoisotopic (exact) mass is 447 g/mol. The number of alkyl halides is 3. The number of aryl methyl sites for hydroxylation is 2. The Hall–Kier alpha value is -3.10. The summed E-state index contributed by atoms with van der Waals surface area (Å²) in [4.78, 5) is 18.8. The van der Waals surface area contributed by atoms with Crippen LogP contribution in [-0.4, -0.2) is 41.1 Å². The number of rotatable bonds is 5. The van der Waals surface area contributed by atoms with Gasteiger partial charge >= 0.3 is 6.18 Å². The van der Waals surface area contributed by atoms with E-state index in [2.05, 4.69) is 10.1 Å². The Morgan fingerprint density at radius 1 is 1.28 bits per heavy atom. The fourth-order valence-electron chi connectivity index (χ4n) is 4.19. The van der Waals surface area contributed by atoms with Crippen molar-refractivity contribution in [3.05, 3.63) is 52.8 Å². The van der Waals surface area contributed by atoms with Gasteiger partial charge in [-0.15, -0.1) is 0 Å². The van der Waals surface area contributed by atoms with Gasteiger partial charge in [0, 0.05) is 25.4 Å². The zero-order valence-corrected chi connectivity index (χ0v) is 17.9. The molecule has 2 aromatic heterocycles. The van der Waals surface area contributed by atoms with Crippen LogP contribution in [0.15, 0.2) is 34.9 Å². The number of methoxy groups -OCH3 is 1. The Labute approximate surface area is 183 Å². The highest BCUT2D eigenvalue weighted by Gasteiger charge is 2.37. The summed E-state index contributed by atoms with van der Waals surface area (Å²) in [6.45, 7) is 2.39. The third-order valence-corrected chi connectivity index (χ3v) is 5.92. The molecule has 1 amide bonds. The van der Waals surface area contributed by atoms with E-state index in [0.717, 1.165) is 17.4 Å². The van der Waals surface area contributed by atoms with Gasteiger partial charge < -0.3 is 14.2 Å². The summed E-state index contributed by atoms with van der Waals surface area (Å²) in [6, 6.07) is 8.62. The van der Waals surface area contributed by atoms with Gasteiger partial charge in [-0.05, 0) is 49.9 Å². The van der Waals surface area contributed by atoms with Crippen molar-refractivity contribution in [2.24, 2.45) is 0 Å². The molecule has 3 aromatic rings. The van der Waals surface area contributed by atoms with E-state index < -0.39 is 11.7 Å². The van der Waals surface area contributed by atoms with Crippen molar-refractivity contribution in [3.63, 3.8) is 0 Å². The molecule has 170 valence electrons. The van der Waals surface area contributed by atoms with E-state index in [1.807, 2.05) is 24.3 Å². The smallest absolute Gasteiger partial charge is 0.417 e. The fourth-order valence-corrected chi connectivity index (χ4v) is 4.19. The molecule has 1 saturated heterocycles. The number of pyridine rings is 1. The number of carbonyl (C=O) groups excluding carboxylic acids is 1. The Morgan fingerprint density at radius 3 is 2.72 bits per heavy atom. The van der Waals surface area contributed by atoms with Crippen LogP contribution in [0.5, 0.6) is 5.75 Å². The Balaban J connectivity index is 1.48. The van der Waals surface area contributed by atoms with Gasteiger partial charge in [0.05, 0.1) is 29.4 Å². The first kappa shape index (κ1) is 22.1. The lowest BCUT2D eigenvalue weighted by Gasteiger charge is -2.32. The van der Waals surface area contributed by atoms with E-state index in [1.165, 1.54) is 6.92 Å². The highest BCUT2D eigenvalue weighted by atomic mass is 19.4. The molecular formula is C23H24F3N3O3. The number of ether oxygens (including phenoxy) is 1. The first-order chi connectivity index (χ1) is 15.3. The second-order valence-corrected chi connectivity index (χ2v) is 8.07. The van der Waals surface area contributed by atoms with E-state index in [-0.39, 0.29) is 34.3 Å². The number of fused-ring (bicyclic) bond motifs is 1. The summed E-state index contributed by atoms with van der Waals surface area (Å²) in [5.41, 5.74) is 0.559. The van der Waals surface area contributed by atoms with Gasteiger partial charge in [-0.2, -0.15) is 13.2 Å². The molecule has 1 atom stereocenters. The second-order valence-electron chi connectivity index (χ2n) is 8.07. The Kier molecular flexibility index (Phi) is 6.08. The van der Waals surface area contributed by atoms with Gasteiger partial charge in [0.1, 0.15) is 5.75 Å². The highest BCUT2D eigenvalue weighted by molar-refractivity contribution is 5.81. The predicted molar refractivity (Wildman–Crippen MR) is 111 cm³/mol. The van der Waals surface area contributed by atoms with Crippen LogP contribution in [0, 0.1) is 6.92 Å². The van der Waals surface area contributed by atoms with Gasteiger partial charge in [0.2, 0.25) is 5.91 Å². The van der Waals surface area contributed by atoms with Crippen molar-refractivity contribution < 1.29 is 27.2 Å². The van der Waals surface area contributed by atoms with E-state index >= 15 is 0 Å². The lowest BCUT2D eigenvalue weighted by Crippen LogP contribution is -2.39. The van der Waals surface area contributed by atoms with E-state index in [9.17, 15) is 18.0 Å². The molecule has 4 rings (SSSR count).